The van der Waals surface area contributed by atoms with Crippen LogP contribution in [0.4, 0.5) is 4.79 Å². The first-order valence-electron chi connectivity index (χ1n) is 6.36. The first-order chi connectivity index (χ1) is 9.08. The first kappa shape index (κ1) is 13.9. The summed E-state index contributed by atoms with van der Waals surface area (Å²) < 4.78 is 0. The number of rotatable bonds is 6. The third kappa shape index (κ3) is 3.96. The predicted octanol–water partition coefficient (Wildman–Crippen LogP) is 2.14. The number of carboxylic acid groups (broad SMARTS) is 1. The third-order valence-electron chi connectivity index (χ3n) is 3.16. The number of urea groups is 1. The van der Waals surface area contributed by atoms with E-state index in [2.05, 4.69) is 5.32 Å². The molecule has 5 nitrogen and oxygen atoms in total. The molecule has 19 heavy (non-hydrogen) atoms. The van der Waals surface area contributed by atoms with E-state index in [1.807, 2.05) is 16.8 Å². The van der Waals surface area contributed by atoms with Crippen LogP contribution in [0.15, 0.2) is 16.8 Å². The van der Waals surface area contributed by atoms with Gasteiger partial charge in [-0.1, -0.05) is 6.92 Å². The van der Waals surface area contributed by atoms with E-state index in [-0.39, 0.29) is 12.6 Å². The number of amides is 2. The van der Waals surface area contributed by atoms with Crippen LogP contribution in [0.25, 0.3) is 0 Å². The lowest BCUT2D eigenvalue weighted by atomic mass is 10.2. The average molecular weight is 282 g/mol. The van der Waals surface area contributed by atoms with Gasteiger partial charge >= 0.3 is 12.0 Å². The van der Waals surface area contributed by atoms with Gasteiger partial charge in [0, 0.05) is 19.1 Å². The van der Waals surface area contributed by atoms with Crippen molar-refractivity contribution in [2.75, 3.05) is 6.54 Å². The molecule has 104 valence electrons. The minimum absolute atomic E-state index is 0.165. The van der Waals surface area contributed by atoms with Crippen molar-refractivity contribution in [3.8, 4) is 0 Å². The van der Waals surface area contributed by atoms with E-state index in [0.29, 0.717) is 12.6 Å². The highest BCUT2D eigenvalue weighted by Crippen LogP contribution is 2.28. The molecule has 0 saturated heterocycles. The Balaban J connectivity index is 1.88. The number of hydrogen-bond donors (Lipinski definition) is 2. The Morgan fingerprint density at radius 1 is 1.58 bits per heavy atom. The van der Waals surface area contributed by atoms with Crippen molar-refractivity contribution in [3.05, 3.63) is 22.4 Å². The molecule has 0 radical (unpaired) electrons. The molecule has 1 aromatic rings. The quantitative estimate of drug-likeness (QED) is 0.840. The zero-order valence-corrected chi connectivity index (χ0v) is 11.7. The van der Waals surface area contributed by atoms with E-state index in [1.54, 1.807) is 23.2 Å². The summed E-state index contributed by atoms with van der Waals surface area (Å²) in [6.45, 7) is 2.35. The molecule has 1 aliphatic rings. The lowest BCUT2D eigenvalue weighted by Gasteiger charge is -2.23. The molecule has 1 atom stereocenters. The van der Waals surface area contributed by atoms with Crippen LogP contribution in [-0.2, 0) is 11.3 Å². The lowest BCUT2D eigenvalue weighted by Crippen LogP contribution is -2.43. The highest BCUT2D eigenvalue weighted by atomic mass is 32.1. The molecule has 0 spiro atoms. The second-order valence-corrected chi connectivity index (χ2v) is 5.70. The van der Waals surface area contributed by atoms with Crippen molar-refractivity contribution in [1.82, 2.24) is 10.2 Å². The smallest absolute Gasteiger partial charge is 0.317 e. The van der Waals surface area contributed by atoms with E-state index < -0.39 is 11.9 Å². The largest absolute Gasteiger partial charge is 0.481 e. The number of hydrogen-bond acceptors (Lipinski definition) is 3. The van der Waals surface area contributed by atoms with Crippen LogP contribution in [0.5, 0.6) is 0 Å². The van der Waals surface area contributed by atoms with Crippen molar-refractivity contribution < 1.29 is 14.7 Å². The van der Waals surface area contributed by atoms with Crippen LogP contribution in [0.1, 0.15) is 25.3 Å². The van der Waals surface area contributed by atoms with Gasteiger partial charge in [0.1, 0.15) is 0 Å². The highest BCUT2D eigenvalue weighted by molar-refractivity contribution is 7.07. The van der Waals surface area contributed by atoms with Gasteiger partial charge in [-0.25, -0.2) is 4.79 Å². The Morgan fingerprint density at radius 3 is 2.84 bits per heavy atom. The van der Waals surface area contributed by atoms with Crippen LogP contribution in [0.2, 0.25) is 0 Å². The molecule has 1 fully saturated rings. The minimum Gasteiger partial charge on any atom is -0.481 e. The second-order valence-electron chi connectivity index (χ2n) is 4.92. The Hall–Kier alpha value is -1.56. The fourth-order valence-electron chi connectivity index (χ4n) is 1.76. The monoisotopic (exact) mass is 282 g/mol. The Bertz CT molecular complexity index is 443. The van der Waals surface area contributed by atoms with Gasteiger partial charge in [0.25, 0.3) is 0 Å². The van der Waals surface area contributed by atoms with Crippen LogP contribution in [0.3, 0.4) is 0 Å². The first-order valence-corrected chi connectivity index (χ1v) is 7.30. The Labute approximate surface area is 116 Å². The molecule has 2 amide bonds. The number of thiophene rings is 1. The summed E-state index contributed by atoms with van der Waals surface area (Å²) in [5.74, 6) is -1.46. The molecule has 0 bridgehead atoms. The number of carboxylic acids is 1. The normalized spacial score (nSPS) is 15.8. The number of carbonyl (C=O) groups is 2. The lowest BCUT2D eigenvalue weighted by molar-refractivity contribution is -0.140. The van der Waals surface area contributed by atoms with Gasteiger partial charge in [-0.05, 0) is 35.2 Å². The van der Waals surface area contributed by atoms with Crippen molar-refractivity contribution in [2.24, 2.45) is 5.92 Å². The summed E-state index contributed by atoms with van der Waals surface area (Å²) in [5, 5.41) is 15.5. The molecular formula is C13H18N2O3S. The molecule has 6 heteroatoms. The third-order valence-corrected chi connectivity index (χ3v) is 3.89. The van der Waals surface area contributed by atoms with Gasteiger partial charge in [0.15, 0.2) is 0 Å². The number of aliphatic carboxylic acids is 1. The van der Waals surface area contributed by atoms with E-state index >= 15 is 0 Å². The zero-order chi connectivity index (χ0) is 13.8. The average Bonchev–Trinajstić information content (AvgIpc) is 3.09. The predicted molar refractivity (Wildman–Crippen MR) is 73.1 cm³/mol. The van der Waals surface area contributed by atoms with Crippen LogP contribution in [0, 0.1) is 5.92 Å². The topological polar surface area (TPSA) is 69.6 Å². The van der Waals surface area contributed by atoms with Gasteiger partial charge in [-0.15, -0.1) is 0 Å². The van der Waals surface area contributed by atoms with Crippen molar-refractivity contribution in [1.29, 1.82) is 0 Å². The van der Waals surface area contributed by atoms with Crippen LogP contribution >= 0.6 is 11.3 Å². The molecule has 1 aromatic heterocycles. The molecule has 1 saturated carbocycles. The zero-order valence-electron chi connectivity index (χ0n) is 10.8. The van der Waals surface area contributed by atoms with Gasteiger partial charge in [0.05, 0.1) is 5.92 Å². The van der Waals surface area contributed by atoms with Crippen LogP contribution in [-0.4, -0.2) is 34.6 Å². The summed E-state index contributed by atoms with van der Waals surface area (Å²) in [4.78, 5) is 24.6. The van der Waals surface area contributed by atoms with Crippen LogP contribution < -0.4 is 5.32 Å². The molecule has 2 N–H and O–H groups in total. The van der Waals surface area contributed by atoms with E-state index in [1.165, 1.54) is 0 Å². The van der Waals surface area contributed by atoms with Crippen molar-refractivity contribution in [2.45, 2.75) is 32.4 Å². The number of nitrogens with zero attached hydrogens (tertiary/aromatic N) is 1. The van der Waals surface area contributed by atoms with E-state index in [4.69, 9.17) is 5.11 Å². The summed E-state index contributed by atoms with van der Waals surface area (Å²) in [6.07, 6.45) is 2.07. The molecule has 0 aromatic carbocycles. The second kappa shape index (κ2) is 6.06. The van der Waals surface area contributed by atoms with Crippen molar-refractivity contribution >= 4 is 23.3 Å². The summed E-state index contributed by atoms with van der Waals surface area (Å²) in [6, 6.07) is 2.15. The minimum atomic E-state index is -0.892. The van der Waals surface area contributed by atoms with Gasteiger partial charge < -0.3 is 15.3 Å². The van der Waals surface area contributed by atoms with Gasteiger partial charge in [0.2, 0.25) is 0 Å². The summed E-state index contributed by atoms with van der Waals surface area (Å²) >= 11 is 1.61. The van der Waals surface area contributed by atoms with E-state index in [0.717, 1.165) is 18.4 Å². The number of carbonyl (C=O) groups excluding carboxylic acids is 1. The molecule has 0 aliphatic heterocycles. The molecular weight excluding hydrogens is 264 g/mol. The SMILES string of the molecule is CC(CNC(=O)N(Cc1ccsc1)C1CC1)C(=O)O. The standard InChI is InChI=1S/C13H18N2O3S/c1-9(12(16)17)6-14-13(18)15(11-2-3-11)7-10-4-5-19-8-10/h4-5,8-9,11H,2-3,6-7H2,1H3,(H,14,18)(H,16,17). The summed E-state index contributed by atoms with van der Waals surface area (Å²) in [7, 11) is 0. The Morgan fingerprint density at radius 2 is 2.32 bits per heavy atom. The van der Waals surface area contributed by atoms with E-state index in [9.17, 15) is 9.59 Å². The fraction of sp³-hybridized carbons (Fsp3) is 0.538. The summed E-state index contributed by atoms with van der Waals surface area (Å²) in [5.41, 5.74) is 1.12. The maximum atomic E-state index is 12.1. The van der Waals surface area contributed by atoms with Crippen molar-refractivity contribution in [3.63, 3.8) is 0 Å². The molecule has 2 rings (SSSR count). The highest BCUT2D eigenvalue weighted by Gasteiger charge is 2.32. The molecule has 1 unspecified atom stereocenters. The van der Waals surface area contributed by atoms with Gasteiger partial charge in [-0.2, -0.15) is 11.3 Å². The maximum absolute atomic E-state index is 12.1. The molecule has 1 heterocycles. The molecule has 1 aliphatic carbocycles. The number of nitrogens with one attached hydrogen (secondary N) is 1. The van der Waals surface area contributed by atoms with Gasteiger partial charge in [-0.3, -0.25) is 4.79 Å². The Kier molecular flexibility index (Phi) is 4.42. The maximum Gasteiger partial charge on any atom is 0.317 e. The fourth-order valence-corrected chi connectivity index (χ4v) is 2.42.